The largest absolute Gasteiger partial charge is 0.417 e. The van der Waals surface area contributed by atoms with Gasteiger partial charge in [-0.2, -0.15) is 13.2 Å². The molecule has 0 fully saturated rings. The van der Waals surface area contributed by atoms with Gasteiger partial charge in [-0.1, -0.05) is 140 Å². The highest BCUT2D eigenvalue weighted by Crippen LogP contribution is 2.48. The van der Waals surface area contributed by atoms with Crippen molar-refractivity contribution in [3.05, 3.63) is 259 Å². The molecule has 0 radical (unpaired) electrons. The molecule has 364 valence electrons. The number of alkyl halides is 3. The smallest absolute Gasteiger partial charge is 0.309 e. The fraction of sp³-hybridized carbons (Fsp3) is 0.0290. The van der Waals surface area contributed by atoms with Gasteiger partial charge in [-0.3, -0.25) is 0 Å². The molecule has 77 heavy (non-hydrogen) atoms. The van der Waals surface area contributed by atoms with E-state index in [0.717, 1.165) is 115 Å². The predicted octanol–water partition coefficient (Wildman–Crippen LogP) is 19.3. The third-order valence-corrected chi connectivity index (χ3v) is 15.7. The van der Waals surface area contributed by atoms with E-state index in [-0.39, 0.29) is 5.56 Å². The van der Waals surface area contributed by atoms with Gasteiger partial charge in [-0.05, 0) is 126 Å². The summed E-state index contributed by atoms with van der Waals surface area (Å²) in [6, 6.07) is 79.4. The summed E-state index contributed by atoms with van der Waals surface area (Å²) in [7, 11) is 0. The van der Waals surface area contributed by atoms with Crippen molar-refractivity contribution in [1.82, 2.24) is 18.3 Å². The van der Waals surface area contributed by atoms with Crippen LogP contribution in [0.2, 0.25) is 0 Å². The fourth-order valence-corrected chi connectivity index (χ4v) is 12.5. The molecule has 4 aromatic heterocycles. The molecule has 15 aromatic rings. The van der Waals surface area contributed by atoms with Crippen molar-refractivity contribution in [2.24, 2.45) is 0 Å². The molecule has 0 bridgehead atoms. The maximum Gasteiger partial charge on any atom is 0.417 e. The standard InChI is InChI=1S/C69H42F3N5/c1-42-18-17-27-57(69(70,71)72)68(42)43-32-34-51(63(36-43)77-61-31-16-12-26-50(61)56-39-54-48-24-10-14-29-59(48)75(65(54)41-67(56)77)46-21-7-4-8-22-46)52-37-44(73-2)33-35-62(52)76-60-30-15-11-25-49(60)55-38-53-47-23-9-13-28-58(47)74(64(53)40-66(55)76)45-19-5-3-6-20-45/h3-41H,1H3. The summed E-state index contributed by atoms with van der Waals surface area (Å²) in [4.78, 5) is 4.02. The number of benzene rings is 11. The van der Waals surface area contributed by atoms with E-state index < -0.39 is 11.7 Å². The van der Waals surface area contributed by atoms with Crippen LogP contribution in [0.5, 0.6) is 0 Å². The molecule has 11 aromatic carbocycles. The Kier molecular flexibility index (Phi) is 9.63. The molecule has 0 unspecified atom stereocenters. The first-order valence-corrected chi connectivity index (χ1v) is 25.6. The van der Waals surface area contributed by atoms with Crippen molar-refractivity contribution < 1.29 is 13.2 Å². The number of halogens is 3. The maximum atomic E-state index is 15.3. The minimum absolute atomic E-state index is 0.121. The van der Waals surface area contributed by atoms with Gasteiger partial charge in [0.1, 0.15) is 0 Å². The summed E-state index contributed by atoms with van der Waals surface area (Å²) in [5.74, 6) is 0. The summed E-state index contributed by atoms with van der Waals surface area (Å²) in [5.41, 5.74) is 13.7. The molecule has 15 rings (SSSR count). The SMILES string of the molecule is [C-]#[N+]c1ccc(-n2c3ccccc3c3cc4c5ccccc5n(-c5ccccc5)c4cc32)c(-c2ccc(-c3c(C)cccc3C(F)(F)F)cc2-n2c3ccccc3c3cc4c5ccccc5n(-c5ccccc5)c4cc32)c1. The van der Waals surface area contributed by atoms with E-state index in [9.17, 15) is 0 Å². The third-order valence-electron chi connectivity index (χ3n) is 15.7. The van der Waals surface area contributed by atoms with E-state index in [0.29, 0.717) is 22.5 Å². The van der Waals surface area contributed by atoms with Gasteiger partial charge in [0.05, 0.1) is 67.6 Å². The quantitative estimate of drug-likeness (QED) is 0.148. The van der Waals surface area contributed by atoms with Crippen LogP contribution in [-0.2, 0) is 6.18 Å². The van der Waals surface area contributed by atoms with E-state index in [1.54, 1.807) is 13.0 Å². The molecule has 0 amide bonds. The van der Waals surface area contributed by atoms with Crippen LogP contribution in [0.25, 0.3) is 137 Å². The fourth-order valence-electron chi connectivity index (χ4n) is 12.5. The second-order valence-electron chi connectivity index (χ2n) is 19.9. The van der Waals surface area contributed by atoms with Gasteiger partial charge in [0.15, 0.2) is 5.69 Å². The first-order valence-electron chi connectivity index (χ1n) is 25.6. The van der Waals surface area contributed by atoms with Gasteiger partial charge >= 0.3 is 6.18 Å². The maximum absolute atomic E-state index is 15.3. The van der Waals surface area contributed by atoms with Crippen LogP contribution in [0.3, 0.4) is 0 Å². The molecule has 0 aliphatic heterocycles. The Morgan fingerprint density at radius 1 is 0.351 bits per heavy atom. The van der Waals surface area contributed by atoms with E-state index in [4.69, 9.17) is 6.57 Å². The van der Waals surface area contributed by atoms with Gasteiger partial charge < -0.3 is 18.3 Å². The zero-order valence-electron chi connectivity index (χ0n) is 41.4. The lowest BCUT2D eigenvalue weighted by atomic mass is 9.91. The van der Waals surface area contributed by atoms with Crippen molar-refractivity contribution in [2.75, 3.05) is 0 Å². The lowest BCUT2D eigenvalue weighted by molar-refractivity contribution is -0.137. The van der Waals surface area contributed by atoms with Gasteiger partial charge in [-0.25, -0.2) is 4.85 Å². The summed E-state index contributed by atoms with van der Waals surface area (Å²) in [6.45, 7) is 10.2. The average Bonchev–Trinajstić information content (AvgIpc) is 4.20. The van der Waals surface area contributed by atoms with Crippen LogP contribution in [0, 0.1) is 13.5 Å². The summed E-state index contributed by atoms with van der Waals surface area (Å²) in [5, 5.41) is 8.61. The lowest BCUT2D eigenvalue weighted by Crippen LogP contribution is -2.08. The molecule has 8 heteroatoms. The summed E-state index contributed by atoms with van der Waals surface area (Å²) in [6.07, 6.45) is -4.62. The topological polar surface area (TPSA) is 24.1 Å². The highest BCUT2D eigenvalue weighted by molar-refractivity contribution is 6.21. The van der Waals surface area contributed by atoms with E-state index in [2.05, 4.69) is 169 Å². The van der Waals surface area contributed by atoms with Crippen LogP contribution in [0.1, 0.15) is 11.1 Å². The van der Waals surface area contributed by atoms with Crippen molar-refractivity contribution in [1.29, 1.82) is 0 Å². The highest BCUT2D eigenvalue weighted by Gasteiger charge is 2.35. The Labute approximate surface area is 439 Å². The Bertz CT molecular complexity index is 4990. The molecule has 0 aliphatic rings. The molecular weight excluding hydrogens is 956 g/mol. The van der Waals surface area contributed by atoms with Crippen molar-refractivity contribution >= 4 is 92.9 Å². The van der Waals surface area contributed by atoms with E-state index in [1.165, 1.54) is 12.1 Å². The van der Waals surface area contributed by atoms with Crippen LogP contribution in [0.15, 0.2) is 237 Å². The summed E-state index contributed by atoms with van der Waals surface area (Å²) >= 11 is 0. The molecule has 0 N–H and O–H groups in total. The average molecular weight is 998 g/mol. The van der Waals surface area contributed by atoms with Gasteiger partial charge in [-0.15, -0.1) is 0 Å². The zero-order chi connectivity index (χ0) is 51.7. The Morgan fingerprint density at radius 3 is 1.27 bits per heavy atom. The van der Waals surface area contributed by atoms with Crippen LogP contribution in [0.4, 0.5) is 18.9 Å². The number of aromatic nitrogens is 4. The van der Waals surface area contributed by atoms with Crippen LogP contribution < -0.4 is 0 Å². The van der Waals surface area contributed by atoms with Crippen molar-refractivity contribution in [3.63, 3.8) is 0 Å². The molecule has 0 saturated carbocycles. The first-order chi connectivity index (χ1) is 37.7. The minimum Gasteiger partial charge on any atom is -0.309 e. The van der Waals surface area contributed by atoms with Gasteiger partial charge in [0.2, 0.25) is 0 Å². The predicted molar refractivity (Wildman–Crippen MR) is 311 cm³/mol. The van der Waals surface area contributed by atoms with E-state index >= 15 is 13.2 Å². The number of aryl methyl sites for hydroxylation is 1. The molecule has 0 atom stereocenters. The van der Waals surface area contributed by atoms with Crippen LogP contribution in [-0.4, -0.2) is 18.3 Å². The number of fused-ring (bicyclic) bond motifs is 12. The van der Waals surface area contributed by atoms with Gasteiger partial charge in [0.25, 0.3) is 0 Å². The first kappa shape index (κ1) is 44.4. The molecule has 0 aliphatic carbocycles. The second-order valence-corrected chi connectivity index (χ2v) is 19.9. The van der Waals surface area contributed by atoms with Crippen LogP contribution >= 0.6 is 0 Å². The third kappa shape index (κ3) is 6.60. The normalized spacial score (nSPS) is 12.1. The number of hydrogen-bond acceptors (Lipinski definition) is 0. The van der Waals surface area contributed by atoms with Gasteiger partial charge in [0, 0.05) is 60.0 Å². The minimum atomic E-state index is -4.62. The Balaban J connectivity index is 1.08. The van der Waals surface area contributed by atoms with E-state index in [1.807, 2.05) is 72.8 Å². The molecule has 5 nitrogen and oxygen atoms in total. The number of nitrogens with zero attached hydrogens (tertiary/aromatic N) is 5. The molecule has 0 spiro atoms. The summed E-state index contributed by atoms with van der Waals surface area (Å²) < 4.78 is 54.9. The monoisotopic (exact) mass is 997 g/mol. The number of para-hydroxylation sites is 6. The number of rotatable bonds is 6. The van der Waals surface area contributed by atoms with Crippen molar-refractivity contribution in [2.45, 2.75) is 13.1 Å². The lowest BCUT2D eigenvalue weighted by Gasteiger charge is -2.22. The molecule has 0 saturated heterocycles. The zero-order valence-corrected chi connectivity index (χ0v) is 41.4. The number of hydrogen-bond donors (Lipinski definition) is 0. The Morgan fingerprint density at radius 2 is 0.792 bits per heavy atom. The second kappa shape index (κ2) is 16.7. The molecular formula is C69H42F3N5. The van der Waals surface area contributed by atoms with Crippen molar-refractivity contribution in [3.8, 4) is 45.0 Å². The highest BCUT2D eigenvalue weighted by atomic mass is 19.4. The molecule has 4 heterocycles. The Hall–Kier alpha value is -10.1.